The minimum absolute atomic E-state index is 0. The SMILES string of the molecule is CCOCCCNC(=NCc1ccc(OC)cc1)NCc1ccon1.I. The number of benzene rings is 1. The molecule has 144 valence electrons. The Balaban J connectivity index is 0.00000338. The lowest BCUT2D eigenvalue weighted by molar-refractivity contribution is 0.145. The summed E-state index contributed by atoms with van der Waals surface area (Å²) in [5, 5.41) is 10.5. The Hall–Kier alpha value is -1.81. The predicted octanol–water partition coefficient (Wildman–Crippen LogP) is 2.96. The minimum Gasteiger partial charge on any atom is -0.497 e. The molecular weight excluding hydrogens is 447 g/mol. The van der Waals surface area contributed by atoms with Gasteiger partial charge in [-0.15, -0.1) is 24.0 Å². The van der Waals surface area contributed by atoms with Gasteiger partial charge in [0.25, 0.3) is 0 Å². The van der Waals surface area contributed by atoms with E-state index in [0.717, 1.165) is 49.1 Å². The summed E-state index contributed by atoms with van der Waals surface area (Å²) in [6.07, 6.45) is 2.47. The van der Waals surface area contributed by atoms with E-state index in [1.807, 2.05) is 37.3 Å². The number of aromatic nitrogens is 1. The fourth-order valence-electron chi connectivity index (χ4n) is 2.10. The van der Waals surface area contributed by atoms with E-state index < -0.39 is 0 Å². The third-order valence-corrected chi connectivity index (χ3v) is 3.47. The second-order valence-electron chi connectivity index (χ2n) is 5.33. The van der Waals surface area contributed by atoms with E-state index in [1.54, 1.807) is 13.4 Å². The molecule has 0 aliphatic heterocycles. The first kappa shape index (κ1) is 22.2. The van der Waals surface area contributed by atoms with E-state index in [-0.39, 0.29) is 24.0 Å². The normalized spacial score (nSPS) is 10.9. The molecule has 0 saturated heterocycles. The molecule has 7 nitrogen and oxygen atoms in total. The van der Waals surface area contributed by atoms with Gasteiger partial charge >= 0.3 is 0 Å². The maximum absolute atomic E-state index is 5.35. The summed E-state index contributed by atoms with van der Waals surface area (Å²) in [5.41, 5.74) is 1.94. The Labute approximate surface area is 171 Å². The molecule has 0 unspecified atom stereocenters. The number of hydrogen-bond donors (Lipinski definition) is 2. The van der Waals surface area contributed by atoms with Crippen LogP contribution in [0.1, 0.15) is 24.6 Å². The van der Waals surface area contributed by atoms with E-state index in [2.05, 4.69) is 20.8 Å². The van der Waals surface area contributed by atoms with Crippen LogP contribution in [0.25, 0.3) is 0 Å². The van der Waals surface area contributed by atoms with Gasteiger partial charge in [0.05, 0.1) is 20.2 Å². The van der Waals surface area contributed by atoms with E-state index in [0.29, 0.717) is 13.1 Å². The minimum atomic E-state index is 0. The van der Waals surface area contributed by atoms with Crippen LogP contribution in [-0.2, 0) is 17.8 Å². The molecule has 0 bridgehead atoms. The molecule has 2 N–H and O–H groups in total. The third-order valence-electron chi connectivity index (χ3n) is 3.47. The molecule has 2 rings (SSSR count). The molecule has 1 heterocycles. The van der Waals surface area contributed by atoms with Gasteiger partial charge in [0, 0.05) is 25.8 Å². The summed E-state index contributed by atoms with van der Waals surface area (Å²) in [4.78, 5) is 4.62. The Kier molecular flexibility index (Phi) is 11.5. The zero-order valence-corrected chi connectivity index (χ0v) is 17.6. The highest BCUT2D eigenvalue weighted by molar-refractivity contribution is 14.0. The van der Waals surface area contributed by atoms with Crippen molar-refractivity contribution < 1.29 is 14.0 Å². The Morgan fingerprint density at radius 1 is 1.19 bits per heavy atom. The van der Waals surface area contributed by atoms with Gasteiger partial charge in [0.2, 0.25) is 0 Å². The first-order valence-electron chi connectivity index (χ1n) is 8.44. The molecule has 0 aliphatic carbocycles. The van der Waals surface area contributed by atoms with Crippen molar-refractivity contribution in [1.82, 2.24) is 15.8 Å². The fourth-order valence-corrected chi connectivity index (χ4v) is 2.10. The average molecular weight is 474 g/mol. The summed E-state index contributed by atoms with van der Waals surface area (Å²) in [5.74, 6) is 1.57. The number of aliphatic imine (C=N–C) groups is 1. The number of halogens is 1. The molecule has 2 aromatic rings. The highest BCUT2D eigenvalue weighted by atomic mass is 127. The van der Waals surface area contributed by atoms with Gasteiger partial charge in [-0.3, -0.25) is 0 Å². The monoisotopic (exact) mass is 474 g/mol. The number of nitrogens with zero attached hydrogens (tertiary/aromatic N) is 2. The van der Waals surface area contributed by atoms with Crippen molar-refractivity contribution in [3.8, 4) is 5.75 Å². The molecule has 0 fully saturated rings. The first-order chi connectivity index (χ1) is 12.3. The van der Waals surface area contributed by atoms with Crippen molar-refractivity contribution in [3.63, 3.8) is 0 Å². The maximum Gasteiger partial charge on any atom is 0.191 e. The van der Waals surface area contributed by atoms with Crippen molar-refractivity contribution in [2.24, 2.45) is 4.99 Å². The molecule has 0 spiro atoms. The highest BCUT2D eigenvalue weighted by Gasteiger charge is 2.02. The van der Waals surface area contributed by atoms with Crippen molar-refractivity contribution >= 4 is 29.9 Å². The van der Waals surface area contributed by atoms with Crippen LogP contribution in [-0.4, -0.2) is 38.0 Å². The molecule has 26 heavy (non-hydrogen) atoms. The van der Waals surface area contributed by atoms with Gasteiger partial charge in [-0.25, -0.2) is 4.99 Å². The molecule has 0 atom stereocenters. The topological polar surface area (TPSA) is 80.9 Å². The smallest absolute Gasteiger partial charge is 0.191 e. The number of methoxy groups -OCH3 is 1. The van der Waals surface area contributed by atoms with Crippen LogP contribution in [0.3, 0.4) is 0 Å². The fraction of sp³-hybridized carbons (Fsp3) is 0.444. The molecule has 0 saturated carbocycles. The zero-order valence-electron chi connectivity index (χ0n) is 15.2. The lowest BCUT2D eigenvalue weighted by Crippen LogP contribution is -2.37. The predicted molar refractivity (Wildman–Crippen MR) is 112 cm³/mol. The lowest BCUT2D eigenvalue weighted by Gasteiger charge is -2.12. The Morgan fingerprint density at radius 3 is 2.65 bits per heavy atom. The van der Waals surface area contributed by atoms with E-state index in [9.17, 15) is 0 Å². The summed E-state index contributed by atoms with van der Waals surface area (Å²) in [6.45, 7) is 5.38. The first-order valence-corrected chi connectivity index (χ1v) is 8.44. The number of hydrogen-bond acceptors (Lipinski definition) is 5. The van der Waals surface area contributed by atoms with Crippen LogP contribution >= 0.6 is 24.0 Å². The standard InChI is InChI=1S/C18H26N4O3.HI/c1-3-24-11-4-10-19-18(21-14-16-9-12-25-22-16)20-13-15-5-7-17(23-2)8-6-15;/h5-9,12H,3-4,10-11,13-14H2,1-2H3,(H2,19,20,21);1H. The second kappa shape index (κ2) is 13.4. The third kappa shape index (κ3) is 8.52. The van der Waals surface area contributed by atoms with Crippen molar-refractivity contribution in [2.75, 3.05) is 26.9 Å². The molecule has 1 aromatic carbocycles. The van der Waals surface area contributed by atoms with Crippen LogP contribution in [0.15, 0.2) is 46.1 Å². The van der Waals surface area contributed by atoms with Crippen molar-refractivity contribution in [2.45, 2.75) is 26.4 Å². The van der Waals surface area contributed by atoms with Crippen LogP contribution in [0, 0.1) is 0 Å². The van der Waals surface area contributed by atoms with Gasteiger partial charge < -0.3 is 24.6 Å². The Morgan fingerprint density at radius 2 is 2.00 bits per heavy atom. The zero-order chi connectivity index (χ0) is 17.7. The quantitative estimate of drug-likeness (QED) is 0.239. The maximum atomic E-state index is 5.35. The van der Waals surface area contributed by atoms with Crippen molar-refractivity contribution in [3.05, 3.63) is 47.9 Å². The summed E-state index contributed by atoms with van der Waals surface area (Å²) in [6, 6.07) is 9.70. The number of guanidine groups is 1. The van der Waals surface area contributed by atoms with Gasteiger partial charge in [-0.2, -0.15) is 0 Å². The number of ether oxygens (including phenoxy) is 2. The molecule has 0 radical (unpaired) electrons. The van der Waals surface area contributed by atoms with Crippen LogP contribution in [0.2, 0.25) is 0 Å². The van der Waals surface area contributed by atoms with Crippen LogP contribution in [0.5, 0.6) is 5.75 Å². The van der Waals surface area contributed by atoms with Gasteiger partial charge in [-0.05, 0) is 31.0 Å². The summed E-state index contributed by atoms with van der Waals surface area (Å²) >= 11 is 0. The van der Waals surface area contributed by atoms with E-state index in [1.165, 1.54) is 0 Å². The molecule has 1 aromatic heterocycles. The van der Waals surface area contributed by atoms with E-state index in [4.69, 9.17) is 14.0 Å². The second-order valence-corrected chi connectivity index (χ2v) is 5.33. The highest BCUT2D eigenvalue weighted by Crippen LogP contribution is 2.11. The van der Waals surface area contributed by atoms with Crippen LogP contribution in [0.4, 0.5) is 0 Å². The van der Waals surface area contributed by atoms with Gasteiger partial charge in [-0.1, -0.05) is 17.3 Å². The van der Waals surface area contributed by atoms with E-state index >= 15 is 0 Å². The van der Waals surface area contributed by atoms with Gasteiger partial charge in [0.1, 0.15) is 17.7 Å². The summed E-state index contributed by atoms with van der Waals surface area (Å²) < 4.78 is 15.4. The molecular formula is C18H27IN4O3. The molecule has 0 amide bonds. The Bertz CT molecular complexity index is 618. The summed E-state index contributed by atoms with van der Waals surface area (Å²) in [7, 11) is 1.66. The number of rotatable bonds is 10. The largest absolute Gasteiger partial charge is 0.497 e. The van der Waals surface area contributed by atoms with Crippen molar-refractivity contribution in [1.29, 1.82) is 0 Å². The van der Waals surface area contributed by atoms with Gasteiger partial charge in [0.15, 0.2) is 5.96 Å². The van der Waals surface area contributed by atoms with Crippen LogP contribution < -0.4 is 15.4 Å². The molecule has 8 heteroatoms. The molecule has 0 aliphatic rings. The lowest BCUT2D eigenvalue weighted by atomic mass is 10.2. The average Bonchev–Trinajstić information content (AvgIpc) is 3.17. The number of nitrogens with one attached hydrogen (secondary N) is 2.